The van der Waals surface area contributed by atoms with Gasteiger partial charge in [0.15, 0.2) is 0 Å². The molecule has 0 aliphatic rings. The van der Waals surface area contributed by atoms with Crippen molar-refractivity contribution in [2.45, 2.75) is 12.5 Å². The molecule has 28 heavy (non-hydrogen) atoms. The third-order valence-corrected chi connectivity index (χ3v) is 5.64. The molecule has 2 aromatic carbocycles. The Morgan fingerprint density at radius 2 is 1.75 bits per heavy atom. The van der Waals surface area contributed by atoms with Gasteiger partial charge in [0.2, 0.25) is 11.8 Å². The van der Waals surface area contributed by atoms with E-state index >= 15 is 0 Å². The van der Waals surface area contributed by atoms with Crippen molar-refractivity contribution in [3.63, 3.8) is 0 Å². The predicted molar refractivity (Wildman–Crippen MR) is 114 cm³/mol. The maximum atomic E-state index is 12.3. The van der Waals surface area contributed by atoms with Gasteiger partial charge in [-0.2, -0.15) is 0 Å². The molecule has 2 amide bonds. The molecule has 0 fully saturated rings. The Morgan fingerprint density at radius 1 is 0.964 bits per heavy atom. The highest BCUT2D eigenvalue weighted by atomic mass is 32.1. The number of amides is 2. The van der Waals surface area contributed by atoms with Gasteiger partial charge in [0, 0.05) is 11.4 Å². The van der Waals surface area contributed by atoms with Gasteiger partial charge >= 0.3 is 0 Å². The summed E-state index contributed by atoms with van der Waals surface area (Å²) in [6.45, 7) is 0.486. The molecular weight excluding hydrogens is 370 g/mol. The molecule has 1 heterocycles. The van der Waals surface area contributed by atoms with Crippen molar-refractivity contribution in [3.05, 3.63) is 70.4 Å². The fourth-order valence-corrected chi connectivity index (χ4v) is 4.08. The van der Waals surface area contributed by atoms with Crippen molar-refractivity contribution in [2.24, 2.45) is 0 Å². The van der Waals surface area contributed by atoms with E-state index < -0.39 is 0 Å². The lowest BCUT2D eigenvalue weighted by atomic mass is 10.0. The van der Waals surface area contributed by atoms with E-state index in [-0.39, 0.29) is 30.8 Å². The summed E-state index contributed by atoms with van der Waals surface area (Å²) in [4.78, 5) is 27.7. The molecule has 6 heteroatoms. The van der Waals surface area contributed by atoms with Crippen molar-refractivity contribution < 1.29 is 9.59 Å². The second-order valence-corrected chi connectivity index (χ2v) is 7.87. The van der Waals surface area contributed by atoms with Gasteiger partial charge in [-0.15, -0.1) is 11.3 Å². The van der Waals surface area contributed by atoms with Crippen LogP contribution in [0.25, 0.3) is 10.8 Å². The van der Waals surface area contributed by atoms with E-state index in [4.69, 9.17) is 0 Å². The molecule has 0 bridgehead atoms. The summed E-state index contributed by atoms with van der Waals surface area (Å²) in [5.74, 6) is -0.344. The Labute approximate surface area is 169 Å². The number of nitrogens with one attached hydrogen (secondary N) is 2. The van der Waals surface area contributed by atoms with Crippen LogP contribution in [0, 0.1) is 0 Å². The molecule has 146 valence electrons. The summed E-state index contributed by atoms with van der Waals surface area (Å²) >= 11 is 1.67. The van der Waals surface area contributed by atoms with Crippen LogP contribution in [0.2, 0.25) is 0 Å². The summed E-state index contributed by atoms with van der Waals surface area (Å²) < 4.78 is 0. The smallest absolute Gasteiger partial charge is 0.239 e. The largest absolute Gasteiger partial charge is 0.353 e. The standard InChI is InChI=1S/C22H25N3O2S/c1-25(2)19(20-11-6-12-28-20)14-23-22(27)15-24-21(26)13-17-9-5-8-16-7-3-4-10-18(16)17/h3-12,19H,13-15H2,1-2H3,(H,23,27)(H,24,26). The Bertz CT molecular complexity index is 933. The van der Waals surface area contributed by atoms with Crippen LogP contribution < -0.4 is 10.6 Å². The molecule has 1 atom stereocenters. The normalized spacial score (nSPS) is 12.1. The minimum Gasteiger partial charge on any atom is -0.353 e. The van der Waals surface area contributed by atoms with Gasteiger partial charge in [0.05, 0.1) is 19.0 Å². The molecule has 1 aromatic heterocycles. The third kappa shape index (κ3) is 5.18. The topological polar surface area (TPSA) is 61.4 Å². The van der Waals surface area contributed by atoms with E-state index in [2.05, 4.69) is 21.6 Å². The lowest BCUT2D eigenvalue weighted by molar-refractivity contribution is -0.125. The second-order valence-electron chi connectivity index (χ2n) is 6.89. The molecule has 5 nitrogen and oxygen atoms in total. The summed E-state index contributed by atoms with van der Waals surface area (Å²) in [6, 6.07) is 18.1. The Hall–Kier alpha value is -2.70. The van der Waals surface area contributed by atoms with Crippen LogP contribution in [0.1, 0.15) is 16.5 Å². The number of rotatable bonds is 8. The Kier molecular flexibility index (Phi) is 6.79. The van der Waals surface area contributed by atoms with E-state index in [0.717, 1.165) is 16.3 Å². The van der Waals surface area contributed by atoms with Crippen molar-refractivity contribution >= 4 is 33.9 Å². The van der Waals surface area contributed by atoms with Gasteiger partial charge in [-0.1, -0.05) is 48.5 Å². The Balaban J connectivity index is 1.49. The quantitative estimate of drug-likeness (QED) is 0.616. The summed E-state index contributed by atoms with van der Waals surface area (Å²) in [6.07, 6.45) is 0.254. The molecule has 0 radical (unpaired) electrons. The van der Waals surface area contributed by atoms with Crippen LogP contribution in [0.3, 0.4) is 0 Å². The molecule has 0 spiro atoms. The molecular formula is C22H25N3O2S. The average Bonchev–Trinajstić information content (AvgIpc) is 3.21. The van der Waals surface area contributed by atoms with Gasteiger partial charge in [0.1, 0.15) is 0 Å². The number of hydrogen-bond acceptors (Lipinski definition) is 4. The SMILES string of the molecule is CN(C)C(CNC(=O)CNC(=O)Cc1cccc2ccccc12)c1cccs1. The van der Waals surface area contributed by atoms with Crippen molar-refractivity contribution in [1.82, 2.24) is 15.5 Å². The first kappa shape index (κ1) is 20.0. The van der Waals surface area contributed by atoms with Crippen LogP contribution in [0.15, 0.2) is 60.0 Å². The summed E-state index contributed by atoms with van der Waals surface area (Å²) in [5, 5.41) is 9.83. The second kappa shape index (κ2) is 9.48. The van der Waals surface area contributed by atoms with Crippen LogP contribution in [-0.4, -0.2) is 43.9 Å². The molecule has 0 aliphatic heterocycles. The van der Waals surface area contributed by atoms with E-state index in [1.807, 2.05) is 68.0 Å². The first-order valence-electron chi connectivity index (χ1n) is 9.24. The van der Waals surface area contributed by atoms with Gasteiger partial charge in [-0.25, -0.2) is 0 Å². The zero-order chi connectivity index (χ0) is 19.9. The van der Waals surface area contributed by atoms with Gasteiger partial charge < -0.3 is 15.5 Å². The minimum atomic E-state index is -0.185. The highest BCUT2D eigenvalue weighted by Crippen LogP contribution is 2.22. The van der Waals surface area contributed by atoms with E-state index in [9.17, 15) is 9.59 Å². The van der Waals surface area contributed by atoms with E-state index in [0.29, 0.717) is 6.54 Å². The van der Waals surface area contributed by atoms with Crippen molar-refractivity contribution in [2.75, 3.05) is 27.2 Å². The van der Waals surface area contributed by atoms with Crippen LogP contribution in [0.5, 0.6) is 0 Å². The minimum absolute atomic E-state index is 0.0197. The van der Waals surface area contributed by atoms with Crippen LogP contribution in [-0.2, 0) is 16.0 Å². The number of benzene rings is 2. The van der Waals surface area contributed by atoms with Gasteiger partial charge in [-0.05, 0) is 41.9 Å². The van der Waals surface area contributed by atoms with Crippen LogP contribution in [0.4, 0.5) is 0 Å². The Morgan fingerprint density at radius 3 is 2.50 bits per heavy atom. The maximum absolute atomic E-state index is 12.3. The molecule has 0 saturated heterocycles. The lowest BCUT2D eigenvalue weighted by Gasteiger charge is -2.23. The van der Waals surface area contributed by atoms with Gasteiger partial charge in [0.25, 0.3) is 0 Å². The zero-order valence-electron chi connectivity index (χ0n) is 16.1. The number of thiophene rings is 1. The number of hydrogen-bond donors (Lipinski definition) is 2. The molecule has 3 rings (SSSR count). The van der Waals surface area contributed by atoms with Crippen molar-refractivity contribution in [3.8, 4) is 0 Å². The van der Waals surface area contributed by atoms with Crippen LogP contribution >= 0.6 is 11.3 Å². The predicted octanol–water partition coefficient (Wildman–Crippen LogP) is 2.98. The first-order valence-corrected chi connectivity index (χ1v) is 10.1. The highest BCUT2D eigenvalue weighted by molar-refractivity contribution is 7.10. The molecule has 1 unspecified atom stereocenters. The summed E-state index contributed by atoms with van der Waals surface area (Å²) in [5.41, 5.74) is 0.960. The number of fused-ring (bicyclic) bond motifs is 1. The fourth-order valence-electron chi connectivity index (χ4n) is 3.15. The monoisotopic (exact) mass is 395 g/mol. The molecule has 0 saturated carbocycles. The number of nitrogens with zero attached hydrogens (tertiary/aromatic N) is 1. The summed E-state index contributed by atoms with van der Waals surface area (Å²) in [7, 11) is 3.98. The average molecular weight is 396 g/mol. The fraction of sp³-hybridized carbons (Fsp3) is 0.273. The van der Waals surface area contributed by atoms with E-state index in [1.165, 1.54) is 4.88 Å². The molecule has 3 aromatic rings. The van der Waals surface area contributed by atoms with E-state index in [1.54, 1.807) is 11.3 Å². The zero-order valence-corrected chi connectivity index (χ0v) is 17.0. The maximum Gasteiger partial charge on any atom is 0.239 e. The number of carbonyl (C=O) groups excluding carboxylic acids is 2. The van der Waals surface area contributed by atoms with Crippen molar-refractivity contribution in [1.29, 1.82) is 0 Å². The molecule has 2 N–H and O–H groups in total. The highest BCUT2D eigenvalue weighted by Gasteiger charge is 2.16. The number of carbonyl (C=O) groups is 2. The third-order valence-electron chi connectivity index (χ3n) is 4.66. The number of likely N-dealkylation sites (N-methyl/N-ethyl adjacent to an activating group) is 1. The molecule has 0 aliphatic carbocycles. The van der Waals surface area contributed by atoms with Gasteiger partial charge in [-0.3, -0.25) is 9.59 Å². The first-order chi connectivity index (χ1) is 13.5. The lowest BCUT2D eigenvalue weighted by Crippen LogP contribution is -2.40.